The first-order valence-electron chi connectivity index (χ1n) is 9.18. The highest BCUT2D eigenvalue weighted by Gasteiger charge is 2.22. The maximum Gasteiger partial charge on any atom is 0.340 e. The Morgan fingerprint density at radius 1 is 0.933 bits per heavy atom. The van der Waals surface area contributed by atoms with E-state index in [4.69, 9.17) is 9.47 Å². The van der Waals surface area contributed by atoms with Crippen LogP contribution in [0.5, 0.6) is 5.75 Å². The predicted octanol–water partition coefficient (Wildman–Crippen LogP) is 5.15. The number of nitrogens with zero attached hydrogens (tertiary/aromatic N) is 1. The maximum atomic E-state index is 12.8. The summed E-state index contributed by atoms with van der Waals surface area (Å²) in [6.07, 6.45) is -0.949. The van der Waals surface area contributed by atoms with Crippen LogP contribution in [0.3, 0.4) is 0 Å². The van der Waals surface area contributed by atoms with E-state index in [1.807, 2.05) is 12.1 Å². The van der Waals surface area contributed by atoms with Crippen LogP contribution in [0.1, 0.15) is 33.2 Å². The number of carbonyl (C=O) groups is 2. The monoisotopic (exact) mass is 417 g/mol. The molecule has 3 rings (SSSR count). The zero-order valence-electron chi connectivity index (χ0n) is 16.5. The van der Waals surface area contributed by atoms with Gasteiger partial charge in [0.25, 0.3) is 0 Å². The van der Waals surface area contributed by atoms with Crippen molar-refractivity contribution in [3.8, 4) is 11.8 Å². The minimum atomic E-state index is -0.949. The number of carbonyl (C=O) groups excluding carboxylic acids is 2. The summed E-state index contributed by atoms with van der Waals surface area (Å²) in [7, 11) is 1.55. The molecule has 0 aliphatic carbocycles. The molecule has 30 heavy (non-hydrogen) atoms. The van der Waals surface area contributed by atoms with E-state index in [1.54, 1.807) is 74.7 Å². The maximum absolute atomic E-state index is 12.8. The van der Waals surface area contributed by atoms with Crippen molar-refractivity contribution in [3.63, 3.8) is 0 Å². The third-order valence-electron chi connectivity index (χ3n) is 4.36. The summed E-state index contributed by atoms with van der Waals surface area (Å²) in [5.41, 5.74) is 1.29. The molecule has 0 N–H and O–H groups in total. The fraction of sp³-hybridized carbons (Fsp3) is 0.125. The highest BCUT2D eigenvalue weighted by atomic mass is 32.2. The molecule has 0 radical (unpaired) electrons. The Labute approximate surface area is 179 Å². The quantitative estimate of drug-likeness (QED) is 0.391. The van der Waals surface area contributed by atoms with Gasteiger partial charge in [-0.3, -0.25) is 4.79 Å². The number of ether oxygens (including phenoxy) is 2. The van der Waals surface area contributed by atoms with Gasteiger partial charge in [-0.1, -0.05) is 36.0 Å². The van der Waals surface area contributed by atoms with E-state index in [1.165, 1.54) is 11.8 Å². The fourth-order valence-corrected chi connectivity index (χ4v) is 3.77. The summed E-state index contributed by atoms with van der Waals surface area (Å²) >= 11 is 1.31. The molecule has 0 bridgehead atoms. The average Bonchev–Trinajstić information content (AvgIpc) is 2.79. The molecule has 0 aliphatic heterocycles. The van der Waals surface area contributed by atoms with Gasteiger partial charge in [0.2, 0.25) is 5.78 Å². The molecular formula is C24H19NO4S. The number of nitriles is 1. The van der Waals surface area contributed by atoms with Crippen LogP contribution in [-0.2, 0) is 4.74 Å². The minimum absolute atomic E-state index is 0.300. The van der Waals surface area contributed by atoms with Gasteiger partial charge in [-0.25, -0.2) is 4.79 Å². The molecule has 0 saturated carbocycles. The first-order valence-corrected chi connectivity index (χ1v) is 10.0. The van der Waals surface area contributed by atoms with Crippen LogP contribution in [0.2, 0.25) is 0 Å². The summed E-state index contributed by atoms with van der Waals surface area (Å²) in [5.74, 6) is -0.257. The summed E-state index contributed by atoms with van der Waals surface area (Å²) in [5, 5.41) is 9.30. The zero-order chi connectivity index (χ0) is 21.5. The lowest BCUT2D eigenvalue weighted by atomic mass is 10.1. The summed E-state index contributed by atoms with van der Waals surface area (Å²) in [6, 6.07) is 22.9. The van der Waals surface area contributed by atoms with Gasteiger partial charge in [0.15, 0.2) is 6.10 Å². The van der Waals surface area contributed by atoms with E-state index >= 15 is 0 Å². The van der Waals surface area contributed by atoms with Gasteiger partial charge in [0.05, 0.1) is 18.2 Å². The lowest BCUT2D eigenvalue weighted by Crippen LogP contribution is -2.24. The number of methoxy groups -OCH3 is 1. The number of rotatable bonds is 7. The second-order valence-corrected chi connectivity index (χ2v) is 7.43. The van der Waals surface area contributed by atoms with Crippen molar-refractivity contribution in [3.05, 3.63) is 89.5 Å². The van der Waals surface area contributed by atoms with Gasteiger partial charge in [0.1, 0.15) is 11.8 Å². The molecule has 6 heteroatoms. The van der Waals surface area contributed by atoms with Gasteiger partial charge >= 0.3 is 5.97 Å². The minimum Gasteiger partial charge on any atom is -0.497 e. The Hall–Kier alpha value is -3.56. The van der Waals surface area contributed by atoms with Crippen LogP contribution < -0.4 is 4.74 Å². The highest BCUT2D eigenvalue weighted by molar-refractivity contribution is 7.99. The highest BCUT2D eigenvalue weighted by Crippen LogP contribution is 2.33. The van der Waals surface area contributed by atoms with Crippen LogP contribution in [0.25, 0.3) is 0 Å². The third kappa shape index (κ3) is 4.88. The SMILES string of the molecule is COc1ccc(C(=O)[C@H](C)OC(=O)c2ccccc2Sc2ccccc2C#N)cc1. The van der Waals surface area contributed by atoms with Crippen molar-refractivity contribution in [2.75, 3.05) is 7.11 Å². The number of benzene rings is 3. The first kappa shape index (κ1) is 21.2. The van der Waals surface area contributed by atoms with Gasteiger partial charge in [0, 0.05) is 15.4 Å². The standard InChI is InChI=1S/C24H19NO4S/c1-16(23(26)17-11-13-19(28-2)14-12-17)29-24(27)20-8-4-6-10-22(20)30-21-9-5-3-7-18(21)15-25/h3-14,16H,1-2H3/t16-/m0/s1. The van der Waals surface area contributed by atoms with Crippen molar-refractivity contribution < 1.29 is 19.1 Å². The van der Waals surface area contributed by atoms with Crippen molar-refractivity contribution in [2.24, 2.45) is 0 Å². The predicted molar refractivity (Wildman–Crippen MR) is 114 cm³/mol. The van der Waals surface area contributed by atoms with Crippen LogP contribution in [0, 0.1) is 11.3 Å². The number of hydrogen-bond acceptors (Lipinski definition) is 6. The molecule has 0 unspecified atom stereocenters. The van der Waals surface area contributed by atoms with E-state index in [9.17, 15) is 14.9 Å². The fourth-order valence-electron chi connectivity index (χ4n) is 2.76. The lowest BCUT2D eigenvalue weighted by molar-refractivity contribution is 0.0315. The van der Waals surface area contributed by atoms with Crippen LogP contribution >= 0.6 is 11.8 Å². The molecule has 0 amide bonds. The van der Waals surface area contributed by atoms with Gasteiger partial charge < -0.3 is 9.47 Å². The third-order valence-corrected chi connectivity index (χ3v) is 5.51. The molecule has 0 fully saturated rings. The molecule has 3 aromatic rings. The average molecular weight is 417 g/mol. The Morgan fingerprint density at radius 2 is 1.57 bits per heavy atom. The van der Waals surface area contributed by atoms with E-state index < -0.39 is 12.1 Å². The van der Waals surface area contributed by atoms with Gasteiger partial charge in [-0.2, -0.15) is 5.26 Å². The van der Waals surface area contributed by atoms with Crippen molar-refractivity contribution in [2.45, 2.75) is 22.8 Å². The van der Waals surface area contributed by atoms with Crippen LogP contribution in [0.15, 0.2) is 82.6 Å². The summed E-state index contributed by atoms with van der Waals surface area (Å²) < 4.78 is 10.5. The Kier molecular flexibility index (Phi) is 6.89. The first-order chi connectivity index (χ1) is 14.5. The second-order valence-electron chi connectivity index (χ2n) is 6.35. The number of esters is 1. The van der Waals surface area contributed by atoms with Crippen LogP contribution in [-0.4, -0.2) is 25.0 Å². The van der Waals surface area contributed by atoms with Crippen molar-refractivity contribution in [1.29, 1.82) is 5.26 Å². The van der Waals surface area contributed by atoms with E-state index in [2.05, 4.69) is 6.07 Å². The Balaban J connectivity index is 1.77. The van der Waals surface area contributed by atoms with E-state index in [0.717, 1.165) is 4.90 Å². The second kappa shape index (κ2) is 9.77. The molecule has 1 atom stereocenters. The normalized spacial score (nSPS) is 11.2. The molecule has 0 saturated heterocycles. The molecule has 0 heterocycles. The van der Waals surface area contributed by atoms with E-state index in [-0.39, 0.29) is 5.78 Å². The smallest absolute Gasteiger partial charge is 0.340 e. The molecule has 5 nitrogen and oxygen atoms in total. The summed E-state index contributed by atoms with van der Waals surface area (Å²) in [4.78, 5) is 26.8. The zero-order valence-corrected chi connectivity index (χ0v) is 17.3. The molecule has 3 aromatic carbocycles. The molecule has 0 aliphatic rings. The van der Waals surface area contributed by atoms with Crippen molar-refractivity contribution >= 4 is 23.5 Å². The lowest BCUT2D eigenvalue weighted by Gasteiger charge is -2.14. The topological polar surface area (TPSA) is 76.4 Å². The van der Waals surface area contributed by atoms with Gasteiger partial charge in [-0.15, -0.1) is 0 Å². The van der Waals surface area contributed by atoms with E-state index in [0.29, 0.717) is 27.3 Å². The number of Topliss-reactive ketones (excluding diaryl/α,β-unsaturated/α-hetero) is 1. The van der Waals surface area contributed by atoms with Crippen LogP contribution in [0.4, 0.5) is 0 Å². The molecule has 150 valence electrons. The number of ketones is 1. The number of hydrogen-bond donors (Lipinski definition) is 0. The largest absolute Gasteiger partial charge is 0.497 e. The molecule has 0 spiro atoms. The Bertz CT molecular complexity index is 1100. The molecule has 0 aromatic heterocycles. The Morgan fingerprint density at radius 3 is 2.23 bits per heavy atom. The van der Waals surface area contributed by atoms with Gasteiger partial charge in [-0.05, 0) is 55.5 Å². The summed E-state index contributed by atoms with van der Waals surface area (Å²) in [6.45, 7) is 1.55. The molecular weight excluding hydrogens is 398 g/mol. The van der Waals surface area contributed by atoms with Crippen molar-refractivity contribution in [1.82, 2.24) is 0 Å².